The molecule has 0 aliphatic heterocycles. The fourth-order valence-corrected chi connectivity index (χ4v) is 3.47. The standard InChI is InChI=1S/C10H9BrN2O3S/c1-7-2-3-9(8(11)6-7)17(14,15)13-10-4-5-16-12-10/h2-6H,1H3,(H,12,13). The molecular weight excluding hydrogens is 308 g/mol. The van der Waals surface area contributed by atoms with Crippen LogP contribution in [0.4, 0.5) is 5.82 Å². The highest BCUT2D eigenvalue weighted by Crippen LogP contribution is 2.24. The van der Waals surface area contributed by atoms with E-state index in [4.69, 9.17) is 0 Å². The van der Waals surface area contributed by atoms with E-state index in [1.165, 1.54) is 18.4 Å². The molecule has 0 atom stereocenters. The van der Waals surface area contributed by atoms with Gasteiger partial charge in [-0.15, -0.1) is 0 Å². The largest absolute Gasteiger partial charge is 0.363 e. The Labute approximate surface area is 107 Å². The molecule has 17 heavy (non-hydrogen) atoms. The fourth-order valence-electron chi connectivity index (χ4n) is 1.28. The van der Waals surface area contributed by atoms with E-state index in [1.807, 2.05) is 6.92 Å². The molecule has 1 aromatic carbocycles. The number of aryl methyl sites for hydroxylation is 1. The fraction of sp³-hybridized carbons (Fsp3) is 0.100. The van der Waals surface area contributed by atoms with E-state index in [1.54, 1.807) is 12.1 Å². The number of halogens is 1. The van der Waals surface area contributed by atoms with Crippen LogP contribution in [0.2, 0.25) is 0 Å². The summed E-state index contributed by atoms with van der Waals surface area (Å²) in [6, 6.07) is 6.42. The average Bonchev–Trinajstić information content (AvgIpc) is 2.68. The Morgan fingerprint density at radius 2 is 2.12 bits per heavy atom. The van der Waals surface area contributed by atoms with Crippen molar-refractivity contribution in [1.29, 1.82) is 0 Å². The summed E-state index contributed by atoms with van der Waals surface area (Å²) in [5, 5.41) is 3.49. The lowest BCUT2D eigenvalue weighted by molar-refractivity contribution is 0.423. The third kappa shape index (κ3) is 2.67. The maximum atomic E-state index is 12.0. The number of anilines is 1. The third-order valence-electron chi connectivity index (χ3n) is 2.05. The number of benzene rings is 1. The molecule has 2 rings (SSSR count). The average molecular weight is 317 g/mol. The smallest absolute Gasteiger partial charge is 0.264 e. The van der Waals surface area contributed by atoms with E-state index in [2.05, 4.69) is 30.3 Å². The van der Waals surface area contributed by atoms with Crippen LogP contribution in [0.3, 0.4) is 0 Å². The predicted octanol–water partition coefficient (Wildman–Crippen LogP) is 2.55. The second-order valence-electron chi connectivity index (χ2n) is 3.42. The zero-order chi connectivity index (χ0) is 12.5. The first-order valence-corrected chi connectivity index (χ1v) is 6.96. The molecule has 0 aliphatic rings. The Balaban J connectivity index is 2.38. The third-order valence-corrected chi connectivity index (χ3v) is 4.39. The molecule has 0 radical (unpaired) electrons. The molecule has 1 N–H and O–H groups in total. The summed E-state index contributed by atoms with van der Waals surface area (Å²) in [6.45, 7) is 1.88. The van der Waals surface area contributed by atoms with Gasteiger partial charge in [-0.2, -0.15) is 0 Å². The molecule has 0 aliphatic carbocycles. The molecule has 0 amide bonds. The lowest BCUT2D eigenvalue weighted by Crippen LogP contribution is -2.13. The Morgan fingerprint density at radius 1 is 1.35 bits per heavy atom. The molecule has 0 unspecified atom stereocenters. The van der Waals surface area contributed by atoms with Crippen molar-refractivity contribution in [2.24, 2.45) is 0 Å². The number of hydrogen-bond acceptors (Lipinski definition) is 4. The molecule has 0 saturated heterocycles. The van der Waals surface area contributed by atoms with Crippen LogP contribution in [0.1, 0.15) is 5.56 Å². The number of hydrogen-bond donors (Lipinski definition) is 1. The first kappa shape index (κ1) is 12.1. The summed E-state index contributed by atoms with van der Waals surface area (Å²) < 4.78 is 31.4. The monoisotopic (exact) mass is 316 g/mol. The van der Waals surface area contributed by atoms with Crippen LogP contribution in [0, 0.1) is 6.92 Å². The number of nitrogens with one attached hydrogen (secondary N) is 1. The van der Waals surface area contributed by atoms with E-state index in [9.17, 15) is 8.42 Å². The summed E-state index contributed by atoms with van der Waals surface area (Å²) in [7, 11) is -3.65. The van der Waals surface area contributed by atoms with E-state index in [0.717, 1.165) is 5.56 Å². The van der Waals surface area contributed by atoms with Crippen LogP contribution in [-0.2, 0) is 10.0 Å². The van der Waals surface area contributed by atoms with Gasteiger partial charge in [0.25, 0.3) is 10.0 Å². The van der Waals surface area contributed by atoms with Crippen molar-refractivity contribution in [1.82, 2.24) is 5.16 Å². The van der Waals surface area contributed by atoms with E-state index in [-0.39, 0.29) is 10.7 Å². The Hall–Kier alpha value is -1.34. The van der Waals surface area contributed by atoms with Crippen molar-refractivity contribution in [3.63, 3.8) is 0 Å². The molecule has 1 aromatic heterocycles. The molecule has 2 aromatic rings. The summed E-state index contributed by atoms with van der Waals surface area (Å²) in [6.07, 6.45) is 1.29. The first-order chi connectivity index (χ1) is 7.99. The number of nitrogens with zero attached hydrogens (tertiary/aromatic N) is 1. The zero-order valence-electron chi connectivity index (χ0n) is 8.84. The maximum Gasteiger partial charge on any atom is 0.264 e. The molecule has 0 saturated carbocycles. The molecule has 0 spiro atoms. The number of aromatic nitrogens is 1. The summed E-state index contributed by atoms with van der Waals surface area (Å²) in [4.78, 5) is 0.158. The normalized spacial score (nSPS) is 11.4. The highest BCUT2D eigenvalue weighted by molar-refractivity contribution is 9.10. The molecule has 1 heterocycles. The van der Waals surface area contributed by atoms with Crippen LogP contribution in [-0.4, -0.2) is 13.6 Å². The van der Waals surface area contributed by atoms with Gasteiger partial charge < -0.3 is 4.52 Å². The van der Waals surface area contributed by atoms with Gasteiger partial charge in [0.1, 0.15) is 11.2 Å². The van der Waals surface area contributed by atoms with Gasteiger partial charge in [0, 0.05) is 10.5 Å². The maximum absolute atomic E-state index is 12.0. The quantitative estimate of drug-likeness (QED) is 0.944. The molecule has 0 fully saturated rings. The van der Waals surface area contributed by atoms with Gasteiger partial charge in [0.2, 0.25) is 0 Å². The van der Waals surface area contributed by atoms with E-state index < -0.39 is 10.0 Å². The van der Waals surface area contributed by atoms with E-state index >= 15 is 0 Å². The minimum Gasteiger partial charge on any atom is -0.363 e. The van der Waals surface area contributed by atoms with Gasteiger partial charge in [-0.1, -0.05) is 11.2 Å². The van der Waals surface area contributed by atoms with Gasteiger partial charge in [0.15, 0.2) is 5.82 Å². The molecule has 5 nitrogen and oxygen atoms in total. The van der Waals surface area contributed by atoms with Crippen LogP contribution >= 0.6 is 15.9 Å². The van der Waals surface area contributed by atoms with Crippen molar-refractivity contribution < 1.29 is 12.9 Å². The molecule has 90 valence electrons. The second kappa shape index (κ2) is 4.50. The molecule has 0 bridgehead atoms. The van der Waals surface area contributed by atoms with Gasteiger partial charge in [-0.05, 0) is 40.5 Å². The summed E-state index contributed by atoms with van der Waals surface area (Å²) in [5.74, 6) is 0.150. The summed E-state index contributed by atoms with van der Waals surface area (Å²) in [5.41, 5.74) is 0.970. The lowest BCUT2D eigenvalue weighted by atomic mass is 10.2. The van der Waals surface area contributed by atoms with Gasteiger partial charge in [-0.3, -0.25) is 4.72 Å². The lowest BCUT2D eigenvalue weighted by Gasteiger charge is -2.07. The SMILES string of the molecule is Cc1ccc(S(=O)(=O)Nc2ccon2)c(Br)c1. The van der Waals surface area contributed by atoms with Crippen LogP contribution in [0.15, 0.2) is 44.4 Å². The topological polar surface area (TPSA) is 72.2 Å². The van der Waals surface area contributed by atoms with Crippen molar-refractivity contribution in [3.8, 4) is 0 Å². The van der Waals surface area contributed by atoms with Crippen molar-refractivity contribution in [2.75, 3.05) is 4.72 Å². The number of sulfonamides is 1. The van der Waals surface area contributed by atoms with Crippen molar-refractivity contribution in [3.05, 3.63) is 40.6 Å². The predicted molar refractivity (Wildman–Crippen MR) is 66.2 cm³/mol. The molecular formula is C10H9BrN2O3S. The number of rotatable bonds is 3. The highest BCUT2D eigenvalue weighted by Gasteiger charge is 2.18. The molecule has 7 heteroatoms. The Morgan fingerprint density at radius 3 is 2.71 bits per heavy atom. The van der Waals surface area contributed by atoms with Crippen LogP contribution < -0.4 is 4.72 Å². The second-order valence-corrected chi connectivity index (χ2v) is 5.93. The Kier molecular flexibility index (Phi) is 3.21. The van der Waals surface area contributed by atoms with Gasteiger partial charge in [0.05, 0.1) is 0 Å². The van der Waals surface area contributed by atoms with E-state index in [0.29, 0.717) is 4.47 Å². The Bertz CT molecular complexity index is 623. The van der Waals surface area contributed by atoms with Gasteiger partial charge in [-0.25, -0.2) is 8.42 Å². The van der Waals surface area contributed by atoms with Gasteiger partial charge >= 0.3 is 0 Å². The highest BCUT2D eigenvalue weighted by atomic mass is 79.9. The summed E-state index contributed by atoms with van der Waals surface area (Å²) >= 11 is 3.22. The first-order valence-electron chi connectivity index (χ1n) is 4.68. The minimum absolute atomic E-state index is 0.150. The van der Waals surface area contributed by atoms with Crippen molar-refractivity contribution >= 4 is 31.8 Å². The van der Waals surface area contributed by atoms with Crippen LogP contribution in [0.25, 0.3) is 0 Å². The minimum atomic E-state index is -3.65. The zero-order valence-corrected chi connectivity index (χ0v) is 11.2. The van der Waals surface area contributed by atoms with Crippen LogP contribution in [0.5, 0.6) is 0 Å². The van der Waals surface area contributed by atoms with Crippen molar-refractivity contribution in [2.45, 2.75) is 11.8 Å².